The zero-order chi connectivity index (χ0) is 21.1. The molecule has 150 valence electrons. The Bertz CT molecular complexity index is 1300. The predicted molar refractivity (Wildman–Crippen MR) is 120 cm³/mol. The normalized spacial score (nSPS) is 17.2. The van der Waals surface area contributed by atoms with Crippen LogP contribution in [0.4, 0.5) is 0 Å². The number of hydrogen-bond donors (Lipinski definition) is 0. The van der Waals surface area contributed by atoms with Gasteiger partial charge in [-0.3, -0.25) is 9.69 Å². The summed E-state index contributed by atoms with van der Waals surface area (Å²) in [7, 11) is -3.95. The summed E-state index contributed by atoms with van der Waals surface area (Å²) < 4.78 is 29.2. The van der Waals surface area contributed by atoms with E-state index < -0.39 is 10.0 Å². The summed E-state index contributed by atoms with van der Waals surface area (Å²) in [4.78, 5) is 19.1. The highest BCUT2D eigenvalue weighted by Gasteiger charge is 2.34. The number of para-hydroxylation sites is 1. The van der Waals surface area contributed by atoms with Crippen LogP contribution in [0.5, 0.6) is 0 Å². The second kappa shape index (κ2) is 8.25. The molecule has 1 aromatic heterocycles. The van der Waals surface area contributed by atoms with Crippen molar-refractivity contribution >= 4 is 49.8 Å². The summed E-state index contributed by atoms with van der Waals surface area (Å²) in [6.07, 6.45) is 3.17. The summed E-state index contributed by atoms with van der Waals surface area (Å²) in [5, 5.41) is 1.09. The van der Waals surface area contributed by atoms with Crippen LogP contribution in [-0.2, 0) is 14.8 Å². The fourth-order valence-corrected chi connectivity index (χ4v) is 5.11. The zero-order valence-electron chi connectivity index (χ0n) is 15.8. The molecule has 0 aliphatic carbocycles. The fraction of sp³-hybridized carbons (Fsp3) is 0.0455. The molecular formula is C22H17N3O3S2. The van der Waals surface area contributed by atoms with E-state index in [0.717, 1.165) is 22.7 Å². The molecule has 0 radical (unpaired) electrons. The van der Waals surface area contributed by atoms with Crippen molar-refractivity contribution in [2.75, 3.05) is 6.54 Å². The Kier molecular flexibility index (Phi) is 5.52. The Morgan fingerprint density at radius 2 is 1.77 bits per heavy atom. The number of sulfonamides is 1. The molecule has 0 spiro atoms. The Morgan fingerprint density at radius 1 is 1.03 bits per heavy atom. The van der Waals surface area contributed by atoms with E-state index in [4.69, 9.17) is 0 Å². The van der Waals surface area contributed by atoms with Gasteiger partial charge >= 0.3 is 0 Å². The number of hydrogen-bond acceptors (Lipinski definition) is 5. The van der Waals surface area contributed by atoms with Crippen molar-refractivity contribution in [3.63, 3.8) is 0 Å². The minimum atomic E-state index is -3.95. The third-order valence-corrected chi connectivity index (χ3v) is 6.74. The number of rotatable bonds is 5. The van der Waals surface area contributed by atoms with Crippen molar-refractivity contribution in [3.05, 3.63) is 90.0 Å². The number of fused-ring (bicyclic) bond motifs is 1. The van der Waals surface area contributed by atoms with Crippen molar-refractivity contribution in [2.24, 2.45) is 4.40 Å². The minimum absolute atomic E-state index is 0.0673. The summed E-state index contributed by atoms with van der Waals surface area (Å²) in [6.45, 7) is 3.80. The van der Waals surface area contributed by atoms with Crippen LogP contribution < -0.4 is 0 Å². The summed E-state index contributed by atoms with van der Waals surface area (Å²) in [5.74, 6) is -0.336. The Hall–Kier alpha value is -3.23. The molecule has 3 aromatic rings. The standard InChI is InChI=1S/C22H17N3O3S2/c1-2-14-25-21(26)20(15-17-13-12-16-8-6-7-11-19(16)23-17)29-22(25)24-30(27,28)18-9-4-3-5-10-18/h2-13,15H,1,14H2/b20-15-,24-22?. The molecule has 2 aromatic carbocycles. The molecule has 8 heteroatoms. The highest BCUT2D eigenvalue weighted by Crippen LogP contribution is 2.33. The van der Waals surface area contributed by atoms with E-state index in [0.29, 0.717) is 10.6 Å². The lowest BCUT2D eigenvalue weighted by Crippen LogP contribution is -2.29. The first-order chi connectivity index (χ1) is 14.5. The number of nitrogens with zero attached hydrogens (tertiary/aromatic N) is 3. The highest BCUT2D eigenvalue weighted by molar-refractivity contribution is 8.19. The summed E-state index contributed by atoms with van der Waals surface area (Å²) >= 11 is 1.01. The van der Waals surface area contributed by atoms with E-state index in [-0.39, 0.29) is 22.5 Å². The van der Waals surface area contributed by atoms with Crippen LogP contribution in [0.3, 0.4) is 0 Å². The number of amidine groups is 1. The molecule has 0 saturated carbocycles. The number of carbonyl (C=O) groups excluding carboxylic acids is 1. The molecule has 1 aliphatic heterocycles. The third-order valence-electron chi connectivity index (χ3n) is 4.34. The van der Waals surface area contributed by atoms with Crippen molar-refractivity contribution in [2.45, 2.75) is 4.90 Å². The van der Waals surface area contributed by atoms with Gasteiger partial charge in [-0.25, -0.2) is 4.98 Å². The van der Waals surface area contributed by atoms with Crippen LogP contribution in [0.25, 0.3) is 17.0 Å². The molecule has 6 nitrogen and oxygen atoms in total. The Balaban J connectivity index is 1.72. The summed E-state index contributed by atoms with van der Waals surface area (Å²) in [6, 6.07) is 19.3. The smallest absolute Gasteiger partial charge is 0.282 e. The maximum absolute atomic E-state index is 12.9. The van der Waals surface area contributed by atoms with Crippen LogP contribution in [0.2, 0.25) is 0 Å². The first-order valence-corrected chi connectivity index (χ1v) is 11.3. The predicted octanol–water partition coefficient (Wildman–Crippen LogP) is 4.08. The molecule has 0 unspecified atom stereocenters. The number of carbonyl (C=O) groups is 1. The van der Waals surface area contributed by atoms with Crippen molar-refractivity contribution in [1.29, 1.82) is 0 Å². The van der Waals surface area contributed by atoms with E-state index >= 15 is 0 Å². The second-order valence-corrected chi connectivity index (χ2v) is 9.02. The number of aromatic nitrogens is 1. The van der Waals surface area contributed by atoms with Crippen LogP contribution >= 0.6 is 11.8 Å². The maximum atomic E-state index is 12.9. The number of benzene rings is 2. The SMILES string of the molecule is C=CCN1C(=O)/C(=C/c2ccc3ccccc3n2)SC1=NS(=O)(=O)c1ccccc1. The molecule has 1 amide bonds. The molecule has 4 rings (SSSR count). The van der Waals surface area contributed by atoms with Crippen LogP contribution in [0.1, 0.15) is 5.69 Å². The maximum Gasteiger partial charge on any atom is 0.284 e. The van der Waals surface area contributed by atoms with Gasteiger partial charge in [-0.05, 0) is 42.1 Å². The van der Waals surface area contributed by atoms with E-state index in [9.17, 15) is 13.2 Å². The van der Waals surface area contributed by atoms with Gasteiger partial charge in [0.2, 0.25) is 0 Å². The van der Waals surface area contributed by atoms with E-state index in [1.165, 1.54) is 23.1 Å². The molecule has 2 heterocycles. The van der Waals surface area contributed by atoms with Gasteiger partial charge in [-0.1, -0.05) is 48.5 Å². The molecule has 1 fully saturated rings. The Labute approximate surface area is 178 Å². The monoisotopic (exact) mass is 435 g/mol. The minimum Gasteiger partial charge on any atom is -0.282 e. The van der Waals surface area contributed by atoms with Gasteiger partial charge in [0.1, 0.15) is 0 Å². The molecule has 1 saturated heterocycles. The lowest BCUT2D eigenvalue weighted by molar-refractivity contribution is -0.121. The molecule has 0 N–H and O–H groups in total. The van der Waals surface area contributed by atoms with Gasteiger partial charge in [0.05, 0.1) is 21.0 Å². The van der Waals surface area contributed by atoms with Crippen LogP contribution in [0, 0.1) is 0 Å². The number of thioether (sulfide) groups is 1. The second-order valence-electron chi connectivity index (χ2n) is 6.41. The first kappa shape index (κ1) is 20.1. The molecular weight excluding hydrogens is 418 g/mol. The molecule has 30 heavy (non-hydrogen) atoms. The van der Waals surface area contributed by atoms with Crippen molar-refractivity contribution in [1.82, 2.24) is 9.88 Å². The van der Waals surface area contributed by atoms with Gasteiger partial charge in [0.15, 0.2) is 5.17 Å². The quantitative estimate of drug-likeness (QED) is 0.446. The lowest BCUT2D eigenvalue weighted by atomic mass is 10.2. The average molecular weight is 436 g/mol. The van der Waals surface area contributed by atoms with Crippen LogP contribution in [-0.4, -0.2) is 35.9 Å². The van der Waals surface area contributed by atoms with Crippen molar-refractivity contribution in [3.8, 4) is 0 Å². The summed E-state index contributed by atoms with van der Waals surface area (Å²) in [5.41, 5.74) is 1.42. The zero-order valence-corrected chi connectivity index (χ0v) is 17.4. The van der Waals surface area contributed by atoms with E-state index in [1.807, 2.05) is 36.4 Å². The third kappa shape index (κ3) is 4.05. The highest BCUT2D eigenvalue weighted by atomic mass is 32.2. The van der Waals surface area contributed by atoms with E-state index in [2.05, 4.69) is 16.0 Å². The van der Waals surface area contributed by atoms with Crippen molar-refractivity contribution < 1.29 is 13.2 Å². The number of pyridine rings is 1. The lowest BCUT2D eigenvalue weighted by Gasteiger charge is -2.12. The largest absolute Gasteiger partial charge is 0.284 e. The average Bonchev–Trinajstić information content (AvgIpc) is 3.03. The van der Waals surface area contributed by atoms with Gasteiger partial charge in [0, 0.05) is 11.9 Å². The fourth-order valence-electron chi connectivity index (χ4n) is 2.91. The van der Waals surface area contributed by atoms with Gasteiger partial charge in [-0.15, -0.1) is 11.0 Å². The topological polar surface area (TPSA) is 79.7 Å². The van der Waals surface area contributed by atoms with Crippen LogP contribution in [0.15, 0.2) is 93.6 Å². The molecule has 0 atom stereocenters. The number of amides is 1. The van der Waals surface area contributed by atoms with E-state index in [1.54, 1.807) is 24.3 Å². The Morgan fingerprint density at radius 3 is 2.53 bits per heavy atom. The molecule has 1 aliphatic rings. The molecule has 0 bridgehead atoms. The first-order valence-electron chi connectivity index (χ1n) is 9.06. The van der Waals surface area contributed by atoms with Gasteiger partial charge < -0.3 is 0 Å². The van der Waals surface area contributed by atoms with Gasteiger partial charge in [-0.2, -0.15) is 8.42 Å². The van der Waals surface area contributed by atoms with Gasteiger partial charge in [0.25, 0.3) is 15.9 Å².